The van der Waals surface area contributed by atoms with E-state index in [1.54, 1.807) is 12.4 Å². The van der Waals surface area contributed by atoms with Crippen LogP contribution in [-0.2, 0) is 12.8 Å². The molecule has 0 bridgehead atoms. The molecule has 0 spiro atoms. The van der Waals surface area contributed by atoms with Gasteiger partial charge in [0, 0.05) is 49.2 Å². The van der Waals surface area contributed by atoms with Crippen LogP contribution in [0.2, 0.25) is 0 Å². The second-order valence-corrected chi connectivity index (χ2v) is 10.5. The number of aromatic amines is 1. The average Bonchev–Trinajstić information content (AvgIpc) is 3.28. The Hall–Kier alpha value is -2.77. The summed E-state index contributed by atoms with van der Waals surface area (Å²) < 4.78 is 27.5. The summed E-state index contributed by atoms with van der Waals surface area (Å²) in [6, 6.07) is 10.2. The third-order valence-corrected chi connectivity index (χ3v) is 6.26. The van der Waals surface area contributed by atoms with Crippen LogP contribution in [0.1, 0.15) is 61.7 Å². The van der Waals surface area contributed by atoms with Crippen LogP contribution in [0, 0.1) is 17.0 Å². The largest absolute Gasteiger partial charge is 0.391 e. The Morgan fingerprint density at radius 3 is 2.56 bits per heavy atom. The second-order valence-electron chi connectivity index (χ2n) is 10.5. The van der Waals surface area contributed by atoms with E-state index in [0.717, 1.165) is 31.1 Å². The highest BCUT2D eigenvalue weighted by Crippen LogP contribution is 2.33. The van der Waals surface area contributed by atoms with Crippen LogP contribution in [0.5, 0.6) is 0 Å². The molecule has 34 heavy (non-hydrogen) atoms. The van der Waals surface area contributed by atoms with Crippen molar-refractivity contribution < 1.29 is 13.9 Å². The van der Waals surface area contributed by atoms with Crippen molar-refractivity contribution in [3.05, 3.63) is 82.9 Å². The molecule has 0 fully saturated rings. The first-order valence-corrected chi connectivity index (χ1v) is 11.9. The van der Waals surface area contributed by atoms with Gasteiger partial charge in [-0.1, -0.05) is 32.9 Å². The number of aromatic nitrogens is 2. The summed E-state index contributed by atoms with van der Waals surface area (Å²) in [7, 11) is 0. The Morgan fingerprint density at radius 2 is 1.88 bits per heavy atom. The summed E-state index contributed by atoms with van der Waals surface area (Å²) in [6.07, 6.45) is 4.67. The highest BCUT2D eigenvalue weighted by Gasteiger charge is 2.27. The molecule has 0 radical (unpaired) electrons. The first-order chi connectivity index (χ1) is 16.2. The van der Waals surface area contributed by atoms with Crippen LogP contribution in [0.25, 0.3) is 0 Å². The quantitative estimate of drug-likeness (QED) is 0.371. The van der Waals surface area contributed by atoms with E-state index in [4.69, 9.17) is 0 Å². The Bertz CT molecular complexity index is 1070. The fourth-order valence-corrected chi connectivity index (χ4v) is 4.79. The Kier molecular flexibility index (Phi) is 7.33. The van der Waals surface area contributed by atoms with E-state index in [2.05, 4.69) is 59.6 Å². The van der Waals surface area contributed by atoms with Crippen molar-refractivity contribution in [3.8, 4) is 0 Å². The number of hydrogen-bond donors (Lipinski definition) is 4. The Balaban J connectivity index is 1.49. The number of aliphatic hydroxyl groups excluding tert-OH is 1. The van der Waals surface area contributed by atoms with Gasteiger partial charge in [-0.25, -0.2) is 13.8 Å². The Labute approximate surface area is 200 Å². The molecule has 4 N–H and O–H groups in total. The minimum Gasteiger partial charge on any atom is -0.391 e. The van der Waals surface area contributed by atoms with Crippen molar-refractivity contribution in [1.29, 1.82) is 0 Å². The van der Waals surface area contributed by atoms with Crippen molar-refractivity contribution in [3.63, 3.8) is 0 Å². The molecule has 0 aliphatic carbocycles. The fourth-order valence-electron chi connectivity index (χ4n) is 4.79. The predicted octanol–water partition coefficient (Wildman–Crippen LogP) is 5.11. The Morgan fingerprint density at radius 1 is 1.12 bits per heavy atom. The van der Waals surface area contributed by atoms with Gasteiger partial charge in [0.2, 0.25) is 0 Å². The van der Waals surface area contributed by atoms with Gasteiger partial charge in [0.25, 0.3) is 0 Å². The molecule has 0 saturated heterocycles. The van der Waals surface area contributed by atoms with Crippen molar-refractivity contribution in [2.75, 3.05) is 18.4 Å². The standard InChI is InChI=1S/C27H34F2N4O/c1-27(2,3)15-17-4-5-23-21(12-17)24(6-7-30-23)33-16-25(34)22(26-31-8-9-32-26)13-18-10-19(28)14-20(29)11-18/h4-5,8-12,14,22,24-25,30,33-34H,6-7,13,15-16H2,1-3H3,(H,31,32). The molecule has 182 valence electrons. The van der Waals surface area contributed by atoms with Gasteiger partial charge in [0.15, 0.2) is 0 Å². The number of aliphatic hydroxyl groups is 1. The van der Waals surface area contributed by atoms with Gasteiger partial charge < -0.3 is 20.7 Å². The van der Waals surface area contributed by atoms with Crippen molar-refractivity contribution in [1.82, 2.24) is 15.3 Å². The number of nitrogens with one attached hydrogen (secondary N) is 3. The van der Waals surface area contributed by atoms with Gasteiger partial charge in [-0.15, -0.1) is 0 Å². The molecule has 1 aliphatic rings. The van der Waals surface area contributed by atoms with Gasteiger partial charge in [-0.2, -0.15) is 0 Å². The smallest absolute Gasteiger partial charge is 0.126 e. The molecule has 0 saturated carbocycles. The van der Waals surface area contributed by atoms with E-state index in [9.17, 15) is 13.9 Å². The molecule has 1 aliphatic heterocycles. The maximum Gasteiger partial charge on any atom is 0.126 e. The summed E-state index contributed by atoms with van der Waals surface area (Å²) in [5, 5.41) is 18.2. The van der Waals surface area contributed by atoms with Gasteiger partial charge in [-0.3, -0.25) is 0 Å². The van der Waals surface area contributed by atoms with Crippen LogP contribution < -0.4 is 10.6 Å². The SMILES string of the molecule is CC(C)(C)Cc1ccc2c(c1)C(NCC(O)C(Cc1cc(F)cc(F)c1)c1ncc[nH]1)CCN2. The summed E-state index contributed by atoms with van der Waals surface area (Å²) in [6.45, 7) is 7.88. The molecule has 3 atom stereocenters. The first-order valence-electron chi connectivity index (χ1n) is 11.9. The topological polar surface area (TPSA) is 73.0 Å². The lowest BCUT2D eigenvalue weighted by Crippen LogP contribution is -2.37. The lowest BCUT2D eigenvalue weighted by molar-refractivity contribution is 0.132. The molecule has 3 unspecified atom stereocenters. The van der Waals surface area contributed by atoms with Crippen molar-refractivity contribution >= 4 is 5.69 Å². The maximum atomic E-state index is 13.7. The summed E-state index contributed by atoms with van der Waals surface area (Å²) in [5.41, 5.74) is 4.30. The van der Waals surface area contributed by atoms with Crippen LogP contribution >= 0.6 is 0 Å². The molecule has 1 aromatic heterocycles. The normalized spacial score (nSPS) is 17.6. The summed E-state index contributed by atoms with van der Waals surface area (Å²) in [4.78, 5) is 7.37. The van der Waals surface area contributed by atoms with E-state index < -0.39 is 23.7 Å². The van der Waals surface area contributed by atoms with Crippen molar-refractivity contribution in [2.45, 2.75) is 58.1 Å². The lowest BCUT2D eigenvalue weighted by Gasteiger charge is -2.31. The number of rotatable bonds is 8. The summed E-state index contributed by atoms with van der Waals surface area (Å²) >= 11 is 0. The zero-order chi connectivity index (χ0) is 24.3. The summed E-state index contributed by atoms with van der Waals surface area (Å²) in [5.74, 6) is -1.09. The van der Waals surface area contributed by atoms with Crippen LogP contribution in [-0.4, -0.2) is 34.3 Å². The fraction of sp³-hybridized carbons (Fsp3) is 0.444. The number of hydrogen-bond acceptors (Lipinski definition) is 4. The average molecular weight is 469 g/mol. The van der Waals surface area contributed by atoms with E-state index in [-0.39, 0.29) is 17.9 Å². The molecule has 5 nitrogen and oxygen atoms in total. The van der Waals surface area contributed by atoms with Crippen LogP contribution in [0.15, 0.2) is 48.8 Å². The van der Waals surface area contributed by atoms with Gasteiger partial charge in [0.1, 0.15) is 17.5 Å². The number of imidazole rings is 1. The maximum absolute atomic E-state index is 13.7. The highest BCUT2D eigenvalue weighted by atomic mass is 19.1. The first kappa shape index (κ1) is 24.4. The minimum atomic E-state index is -0.798. The number of anilines is 1. The zero-order valence-corrected chi connectivity index (χ0v) is 20.0. The van der Waals surface area contributed by atoms with E-state index in [0.29, 0.717) is 17.9 Å². The lowest BCUT2D eigenvalue weighted by atomic mass is 9.86. The molecular weight excluding hydrogens is 434 g/mol. The molecular formula is C27H34F2N4O. The number of nitrogens with zero attached hydrogens (tertiary/aromatic N) is 1. The van der Waals surface area contributed by atoms with E-state index >= 15 is 0 Å². The van der Waals surface area contributed by atoms with E-state index in [1.165, 1.54) is 23.3 Å². The second kappa shape index (κ2) is 10.2. The predicted molar refractivity (Wildman–Crippen MR) is 131 cm³/mol. The number of halogens is 2. The molecule has 0 amide bonds. The van der Waals surface area contributed by atoms with Gasteiger partial charge >= 0.3 is 0 Å². The highest BCUT2D eigenvalue weighted by molar-refractivity contribution is 5.56. The zero-order valence-electron chi connectivity index (χ0n) is 20.0. The van der Waals surface area contributed by atoms with Crippen LogP contribution in [0.3, 0.4) is 0 Å². The van der Waals surface area contributed by atoms with E-state index in [1.807, 2.05) is 0 Å². The number of benzene rings is 2. The van der Waals surface area contributed by atoms with Gasteiger partial charge in [0.05, 0.1) is 6.10 Å². The van der Waals surface area contributed by atoms with Crippen LogP contribution in [0.4, 0.5) is 14.5 Å². The molecule has 2 aromatic carbocycles. The third-order valence-electron chi connectivity index (χ3n) is 6.26. The van der Waals surface area contributed by atoms with Gasteiger partial charge in [-0.05, 0) is 59.6 Å². The third kappa shape index (κ3) is 6.21. The molecule has 3 aromatic rings. The monoisotopic (exact) mass is 468 g/mol. The number of fused-ring (bicyclic) bond motifs is 1. The molecule has 4 rings (SSSR count). The van der Waals surface area contributed by atoms with Crippen molar-refractivity contribution in [2.24, 2.45) is 5.41 Å². The molecule has 7 heteroatoms. The number of H-pyrrole nitrogens is 1. The molecule has 2 heterocycles. The minimum absolute atomic E-state index is 0.106.